The Labute approximate surface area is 107 Å². The summed E-state index contributed by atoms with van der Waals surface area (Å²) in [5, 5.41) is 20.3. The lowest BCUT2D eigenvalue weighted by atomic mass is 10.1. The Morgan fingerprint density at radius 1 is 1.44 bits per heavy atom. The zero-order valence-corrected chi connectivity index (χ0v) is 10.8. The van der Waals surface area contributed by atoms with Gasteiger partial charge in [0, 0.05) is 17.7 Å². The molecule has 18 heavy (non-hydrogen) atoms. The Bertz CT molecular complexity index is 404. The maximum absolute atomic E-state index is 10.7. The summed E-state index contributed by atoms with van der Waals surface area (Å²) in [6.07, 6.45) is 2.34. The zero-order chi connectivity index (χ0) is 13.5. The molecule has 5 heteroatoms. The minimum absolute atomic E-state index is 0.0354. The van der Waals surface area contributed by atoms with Crippen LogP contribution in [0.3, 0.4) is 0 Å². The fraction of sp³-hybridized carbons (Fsp3) is 0.538. The van der Waals surface area contributed by atoms with Crippen molar-refractivity contribution in [2.75, 3.05) is 6.61 Å². The molecule has 1 N–H and O–H groups in total. The standard InChI is InChI=1S/C13H19NO4/c1-3-4-5-8-18-13-7-6-11(14(16)17)9-12(13)10(2)15/h6-7,9-10,15H,3-5,8H2,1-2H3/t10-/m0/s1. The summed E-state index contributed by atoms with van der Waals surface area (Å²) >= 11 is 0. The highest BCUT2D eigenvalue weighted by Gasteiger charge is 2.15. The molecule has 5 nitrogen and oxygen atoms in total. The smallest absolute Gasteiger partial charge is 0.270 e. The van der Waals surface area contributed by atoms with Gasteiger partial charge in [-0.15, -0.1) is 0 Å². The molecule has 0 unspecified atom stereocenters. The third kappa shape index (κ3) is 4.00. The molecular weight excluding hydrogens is 234 g/mol. The number of benzene rings is 1. The van der Waals surface area contributed by atoms with Crippen LogP contribution in [0.1, 0.15) is 44.8 Å². The molecule has 0 amide bonds. The van der Waals surface area contributed by atoms with E-state index in [1.807, 2.05) is 0 Å². The Morgan fingerprint density at radius 2 is 2.17 bits per heavy atom. The van der Waals surface area contributed by atoms with Crippen LogP contribution in [0, 0.1) is 10.1 Å². The topological polar surface area (TPSA) is 72.6 Å². The largest absolute Gasteiger partial charge is 0.493 e. The number of aliphatic hydroxyl groups is 1. The van der Waals surface area contributed by atoms with Crippen molar-refractivity contribution in [3.05, 3.63) is 33.9 Å². The number of nitro benzene ring substituents is 1. The van der Waals surface area contributed by atoms with E-state index in [9.17, 15) is 15.2 Å². The number of nitro groups is 1. The summed E-state index contributed by atoms with van der Waals surface area (Å²) in [6, 6.07) is 4.30. The lowest BCUT2D eigenvalue weighted by Gasteiger charge is -2.13. The van der Waals surface area contributed by atoms with Crippen molar-refractivity contribution in [2.45, 2.75) is 39.2 Å². The van der Waals surface area contributed by atoms with Crippen LogP contribution in [0.4, 0.5) is 5.69 Å². The summed E-state index contributed by atoms with van der Waals surface area (Å²) in [6.45, 7) is 4.23. The molecule has 1 atom stereocenters. The molecule has 0 radical (unpaired) electrons. The second-order valence-electron chi connectivity index (χ2n) is 4.21. The van der Waals surface area contributed by atoms with Crippen LogP contribution >= 0.6 is 0 Å². The summed E-state index contributed by atoms with van der Waals surface area (Å²) in [5.74, 6) is 0.520. The van der Waals surface area contributed by atoms with Crippen molar-refractivity contribution < 1.29 is 14.8 Å². The number of hydrogen-bond donors (Lipinski definition) is 1. The number of non-ortho nitro benzene ring substituents is 1. The van der Waals surface area contributed by atoms with Crippen molar-refractivity contribution >= 4 is 5.69 Å². The molecule has 0 aromatic heterocycles. The predicted octanol–water partition coefficient (Wildman–Crippen LogP) is 3.22. The minimum atomic E-state index is -0.786. The maximum atomic E-state index is 10.7. The quantitative estimate of drug-likeness (QED) is 0.460. The number of hydrogen-bond acceptors (Lipinski definition) is 4. The summed E-state index contributed by atoms with van der Waals surface area (Å²) in [4.78, 5) is 10.2. The molecule has 0 bridgehead atoms. The highest BCUT2D eigenvalue weighted by atomic mass is 16.6. The van der Waals surface area contributed by atoms with Gasteiger partial charge < -0.3 is 9.84 Å². The van der Waals surface area contributed by atoms with E-state index in [1.165, 1.54) is 12.1 Å². The molecule has 0 saturated carbocycles. The first-order valence-corrected chi connectivity index (χ1v) is 6.15. The Balaban J connectivity index is 2.80. The number of unbranched alkanes of at least 4 members (excludes halogenated alkanes) is 2. The lowest BCUT2D eigenvalue weighted by molar-refractivity contribution is -0.385. The van der Waals surface area contributed by atoms with Gasteiger partial charge in [0.1, 0.15) is 5.75 Å². The van der Waals surface area contributed by atoms with E-state index in [0.717, 1.165) is 19.3 Å². The summed E-state index contributed by atoms with van der Waals surface area (Å²) in [5.41, 5.74) is 0.424. The predicted molar refractivity (Wildman–Crippen MR) is 68.8 cm³/mol. The van der Waals surface area contributed by atoms with Crippen LogP contribution in [0.25, 0.3) is 0 Å². The van der Waals surface area contributed by atoms with Gasteiger partial charge >= 0.3 is 0 Å². The van der Waals surface area contributed by atoms with Gasteiger partial charge in [0.05, 0.1) is 17.6 Å². The van der Waals surface area contributed by atoms with Crippen LogP contribution in [0.2, 0.25) is 0 Å². The molecule has 0 aliphatic heterocycles. The third-order valence-electron chi connectivity index (χ3n) is 2.66. The van der Waals surface area contributed by atoms with Crippen molar-refractivity contribution in [3.63, 3.8) is 0 Å². The molecule has 1 rings (SSSR count). The van der Waals surface area contributed by atoms with Gasteiger partial charge in [0.25, 0.3) is 5.69 Å². The first kappa shape index (κ1) is 14.4. The summed E-state index contributed by atoms with van der Waals surface area (Å²) in [7, 11) is 0. The number of nitrogens with zero attached hydrogens (tertiary/aromatic N) is 1. The van der Waals surface area contributed by atoms with Gasteiger partial charge in [-0.25, -0.2) is 0 Å². The van der Waals surface area contributed by atoms with E-state index in [2.05, 4.69) is 6.92 Å². The zero-order valence-electron chi connectivity index (χ0n) is 10.8. The van der Waals surface area contributed by atoms with Gasteiger partial charge in [-0.2, -0.15) is 0 Å². The van der Waals surface area contributed by atoms with E-state index >= 15 is 0 Å². The van der Waals surface area contributed by atoms with Crippen LogP contribution < -0.4 is 4.74 Å². The Hall–Kier alpha value is -1.62. The molecule has 1 aromatic rings. The second-order valence-corrected chi connectivity index (χ2v) is 4.21. The lowest BCUT2D eigenvalue weighted by Crippen LogP contribution is -2.03. The molecule has 0 spiro atoms. The fourth-order valence-corrected chi connectivity index (χ4v) is 1.64. The van der Waals surface area contributed by atoms with Gasteiger partial charge in [-0.1, -0.05) is 19.8 Å². The van der Waals surface area contributed by atoms with Gasteiger partial charge in [0.15, 0.2) is 0 Å². The number of ether oxygens (including phenoxy) is 1. The minimum Gasteiger partial charge on any atom is -0.493 e. The maximum Gasteiger partial charge on any atom is 0.270 e. The van der Waals surface area contributed by atoms with E-state index in [-0.39, 0.29) is 5.69 Å². The second kappa shape index (κ2) is 6.96. The summed E-state index contributed by atoms with van der Waals surface area (Å²) < 4.78 is 5.55. The average molecular weight is 253 g/mol. The van der Waals surface area contributed by atoms with E-state index in [1.54, 1.807) is 13.0 Å². The van der Waals surface area contributed by atoms with Crippen molar-refractivity contribution in [3.8, 4) is 5.75 Å². The Morgan fingerprint density at radius 3 is 2.72 bits per heavy atom. The van der Waals surface area contributed by atoms with E-state index in [4.69, 9.17) is 4.74 Å². The monoisotopic (exact) mass is 253 g/mol. The van der Waals surface area contributed by atoms with E-state index in [0.29, 0.717) is 17.9 Å². The first-order chi connectivity index (χ1) is 8.56. The molecule has 0 fully saturated rings. The fourth-order valence-electron chi connectivity index (χ4n) is 1.64. The van der Waals surface area contributed by atoms with Gasteiger partial charge in [-0.05, 0) is 19.4 Å². The SMILES string of the molecule is CCCCCOc1ccc([N+](=O)[O-])cc1[C@H](C)O. The first-order valence-electron chi connectivity index (χ1n) is 6.15. The number of aliphatic hydroxyl groups excluding tert-OH is 1. The van der Waals surface area contributed by atoms with Crippen LogP contribution in [0.5, 0.6) is 5.75 Å². The van der Waals surface area contributed by atoms with Crippen LogP contribution in [0.15, 0.2) is 18.2 Å². The molecular formula is C13H19NO4. The van der Waals surface area contributed by atoms with Gasteiger partial charge in [0.2, 0.25) is 0 Å². The molecule has 0 aliphatic carbocycles. The normalized spacial score (nSPS) is 12.2. The highest BCUT2D eigenvalue weighted by Crippen LogP contribution is 2.29. The molecule has 1 aromatic carbocycles. The number of rotatable bonds is 7. The van der Waals surface area contributed by atoms with Crippen LogP contribution in [-0.4, -0.2) is 16.6 Å². The average Bonchev–Trinajstić information content (AvgIpc) is 2.34. The van der Waals surface area contributed by atoms with Crippen molar-refractivity contribution in [2.24, 2.45) is 0 Å². The van der Waals surface area contributed by atoms with Crippen molar-refractivity contribution in [1.29, 1.82) is 0 Å². The third-order valence-corrected chi connectivity index (χ3v) is 2.66. The molecule has 100 valence electrons. The van der Waals surface area contributed by atoms with Gasteiger partial charge in [-0.3, -0.25) is 10.1 Å². The Kier molecular flexibility index (Phi) is 5.58. The molecule has 0 aliphatic rings. The highest BCUT2D eigenvalue weighted by molar-refractivity contribution is 5.44. The van der Waals surface area contributed by atoms with Crippen LogP contribution in [-0.2, 0) is 0 Å². The van der Waals surface area contributed by atoms with E-state index < -0.39 is 11.0 Å². The molecule has 0 saturated heterocycles. The van der Waals surface area contributed by atoms with Crippen molar-refractivity contribution in [1.82, 2.24) is 0 Å². The molecule has 0 heterocycles.